The predicted octanol–water partition coefficient (Wildman–Crippen LogP) is 4.13. The van der Waals surface area contributed by atoms with Crippen LogP contribution in [0.25, 0.3) is 0 Å². The summed E-state index contributed by atoms with van der Waals surface area (Å²) in [6, 6.07) is 0. The minimum absolute atomic E-state index is 0. The van der Waals surface area contributed by atoms with Gasteiger partial charge in [-0.3, -0.25) is 0 Å². The van der Waals surface area contributed by atoms with Crippen molar-refractivity contribution in [2.75, 3.05) is 0 Å². The van der Waals surface area contributed by atoms with E-state index >= 15 is 0 Å². The Morgan fingerprint density at radius 3 is 1.18 bits per heavy atom. The van der Waals surface area contributed by atoms with Gasteiger partial charge in [0.25, 0.3) is 0 Å². The van der Waals surface area contributed by atoms with Crippen LogP contribution in [-0.4, -0.2) is 14.3 Å². The SMILES string of the molecule is CC[CH2][Ge]([CH2]CC)[CH2]CC.Cl. The molecule has 0 saturated carbocycles. The molecule has 0 rings (SSSR count). The number of hydrogen-bond acceptors (Lipinski definition) is 0. The third kappa shape index (κ3) is 8.74. The first-order valence-corrected chi connectivity index (χ1v) is 9.13. The Balaban J connectivity index is 0. The fourth-order valence-electron chi connectivity index (χ4n) is 1.44. The normalized spacial score (nSPS) is 9.82. The van der Waals surface area contributed by atoms with E-state index in [0.717, 1.165) is 0 Å². The summed E-state index contributed by atoms with van der Waals surface area (Å²) >= 11 is -0.486. The summed E-state index contributed by atoms with van der Waals surface area (Å²) in [6.07, 6.45) is 4.32. The Kier molecular flexibility index (Phi) is 14.1. The summed E-state index contributed by atoms with van der Waals surface area (Å²) in [7, 11) is 0. The van der Waals surface area contributed by atoms with Crippen LogP contribution in [0.1, 0.15) is 40.0 Å². The van der Waals surface area contributed by atoms with Gasteiger partial charge in [-0.1, -0.05) is 0 Å². The van der Waals surface area contributed by atoms with E-state index in [2.05, 4.69) is 20.8 Å². The van der Waals surface area contributed by atoms with Crippen molar-refractivity contribution in [3.8, 4) is 0 Å². The van der Waals surface area contributed by atoms with Crippen LogP contribution in [0.5, 0.6) is 0 Å². The van der Waals surface area contributed by atoms with E-state index in [-0.39, 0.29) is 12.4 Å². The molecule has 0 aliphatic carbocycles. The molecule has 0 aromatic carbocycles. The third-order valence-electron chi connectivity index (χ3n) is 1.81. The number of rotatable bonds is 6. The average Bonchev–Trinajstić information content (AvgIpc) is 1.90. The van der Waals surface area contributed by atoms with Crippen molar-refractivity contribution in [3.05, 3.63) is 0 Å². The Morgan fingerprint density at radius 1 is 0.727 bits per heavy atom. The molecule has 69 valence electrons. The zero-order valence-electron chi connectivity index (χ0n) is 8.15. The summed E-state index contributed by atoms with van der Waals surface area (Å²) in [5.41, 5.74) is 0. The van der Waals surface area contributed by atoms with Crippen LogP contribution in [0.2, 0.25) is 15.8 Å². The molecule has 0 amide bonds. The van der Waals surface area contributed by atoms with Gasteiger partial charge in [0.2, 0.25) is 0 Å². The van der Waals surface area contributed by atoms with Gasteiger partial charge in [-0.15, -0.1) is 12.4 Å². The quantitative estimate of drug-likeness (QED) is 0.610. The van der Waals surface area contributed by atoms with Crippen LogP contribution in [0.15, 0.2) is 0 Å². The maximum atomic E-state index is 2.33. The Hall–Kier alpha value is 0.833. The summed E-state index contributed by atoms with van der Waals surface area (Å²) < 4.78 is 0. The van der Waals surface area contributed by atoms with Gasteiger partial charge >= 0.3 is 70.1 Å². The van der Waals surface area contributed by atoms with Crippen LogP contribution in [0.4, 0.5) is 0 Å². The predicted molar refractivity (Wildman–Crippen MR) is 58.3 cm³/mol. The van der Waals surface area contributed by atoms with Gasteiger partial charge in [0, 0.05) is 0 Å². The van der Waals surface area contributed by atoms with E-state index in [4.69, 9.17) is 0 Å². The maximum absolute atomic E-state index is 2.33. The van der Waals surface area contributed by atoms with Gasteiger partial charge in [0.05, 0.1) is 0 Å². The van der Waals surface area contributed by atoms with Crippen LogP contribution in [-0.2, 0) is 0 Å². The molecular weight excluding hydrogens is 216 g/mol. The van der Waals surface area contributed by atoms with E-state index in [9.17, 15) is 0 Å². The largest absolute Gasteiger partial charge is 0.147 e. The van der Waals surface area contributed by atoms with Crippen molar-refractivity contribution in [3.63, 3.8) is 0 Å². The first-order valence-electron chi connectivity index (χ1n) is 4.68. The molecule has 0 saturated heterocycles. The molecule has 0 nitrogen and oxygen atoms in total. The van der Waals surface area contributed by atoms with Crippen LogP contribution in [0.3, 0.4) is 0 Å². The van der Waals surface area contributed by atoms with Crippen molar-refractivity contribution >= 4 is 26.8 Å². The second kappa shape index (κ2) is 10.8. The van der Waals surface area contributed by atoms with Crippen LogP contribution < -0.4 is 0 Å². The monoisotopic (exact) mass is 239 g/mol. The van der Waals surface area contributed by atoms with E-state index in [1.807, 2.05) is 0 Å². The van der Waals surface area contributed by atoms with Gasteiger partial charge in [-0.05, 0) is 0 Å². The van der Waals surface area contributed by atoms with E-state index < -0.39 is 14.3 Å². The second-order valence-electron chi connectivity index (χ2n) is 3.00. The molecule has 0 aromatic rings. The summed E-state index contributed by atoms with van der Waals surface area (Å²) in [5.74, 6) is 0. The molecule has 0 bridgehead atoms. The third-order valence-corrected chi connectivity index (χ3v) is 9.41. The van der Waals surface area contributed by atoms with Gasteiger partial charge in [-0.2, -0.15) is 0 Å². The topological polar surface area (TPSA) is 0 Å². The smallest absolute Gasteiger partial charge is 0.147 e. The molecule has 0 spiro atoms. The average molecular weight is 238 g/mol. The van der Waals surface area contributed by atoms with Crippen molar-refractivity contribution in [2.45, 2.75) is 55.8 Å². The molecule has 0 aliphatic heterocycles. The standard InChI is InChI=1S/C9H21Ge.ClH/c1-4-7-10(8-5-2)9-6-3;/h4-9H2,1-3H3;1H. The van der Waals surface area contributed by atoms with Crippen LogP contribution >= 0.6 is 12.4 Å². The summed E-state index contributed by atoms with van der Waals surface area (Å²) in [5, 5.41) is 4.84. The van der Waals surface area contributed by atoms with E-state index in [0.29, 0.717) is 0 Å². The molecule has 0 heterocycles. The molecule has 0 fully saturated rings. The molecule has 0 aliphatic rings. The van der Waals surface area contributed by atoms with Gasteiger partial charge in [-0.25, -0.2) is 0 Å². The molecule has 0 aromatic heterocycles. The Morgan fingerprint density at radius 2 is 1.00 bits per heavy atom. The van der Waals surface area contributed by atoms with Crippen molar-refractivity contribution in [1.29, 1.82) is 0 Å². The molecule has 0 atom stereocenters. The second-order valence-corrected chi connectivity index (χ2v) is 9.29. The van der Waals surface area contributed by atoms with Crippen molar-refractivity contribution in [1.82, 2.24) is 0 Å². The van der Waals surface area contributed by atoms with Gasteiger partial charge in [0.1, 0.15) is 0 Å². The van der Waals surface area contributed by atoms with Gasteiger partial charge in [0.15, 0.2) is 0 Å². The Bertz CT molecular complexity index is 52.3. The van der Waals surface area contributed by atoms with Gasteiger partial charge < -0.3 is 0 Å². The van der Waals surface area contributed by atoms with E-state index in [1.165, 1.54) is 19.3 Å². The fourth-order valence-corrected chi connectivity index (χ4v) is 7.46. The molecular formula is C9H22ClGe. The zero-order chi connectivity index (χ0) is 7.82. The molecule has 0 unspecified atom stereocenters. The summed E-state index contributed by atoms with van der Waals surface area (Å²) in [6.45, 7) is 6.99. The molecule has 11 heavy (non-hydrogen) atoms. The molecule has 2 heteroatoms. The first kappa shape index (κ1) is 14.4. The zero-order valence-corrected chi connectivity index (χ0v) is 11.1. The Labute approximate surface area is 82.7 Å². The number of halogens is 1. The van der Waals surface area contributed by atoms with E-state index in [1.54, 1.807) is 15.8 Å². The molecule has 1 radical (unpaired) electrons. The first-order chi connectivity index (χ1) is 4.85. The molecule has 0 N–H and O–H groups in total. The summed E-state index contributed by atoms with van der Waals surface area (Å²) in [4.78, 5) is 0. The maximum Gasteiger partial charge on any atom is -0.147 e. The fraction of sp³-hybridized carbons (Fsp3) is 1.00. The minimum atomic E-state index is -0.486. The van der Waals surface area contributed by atoms with Crippen molar-refractivity contribution in [2.24, 2.45) is 0 Å². The van der Waals surface area contributed by atoms with Crippen LogP contribution in [0, 0.1) is 0 Å². The van der Waals surface area contributed by atoms with Crippen molar-refractivity contribution < 1.29 is 0 Å². The number of hydrogen-bond donors (Lipinski definition) is 0. The minimum Gasteiger partial charge on any atom is -0.147 e.